The lowest BCUT2D eigenvalue weighted by Gasteiger charge is -2.16. The van der Waals surface area contributed by atoms with Crippen LogP contribution in [0.4, 0.5) is 24.9 Å². The number of nitrogens with two attached hydrogens (primary N) is 1. The van der Waals surface area contributed by atoms with Crippen molar-refractivity contribution in [2.24, 2.45) is 5.84 Å². The molecule has 0 amide bonds. The fraction of sp³-hybridized carbons (Fsp3) is 0.250. The number of hydrazine groups is 1. The highest BCUT2D eigenvalue weighted by molar-refractivity contribution is 5.44. The summed E-state index contributed by atoms with van der Waals surface area (Å²) >= 11 is 0. The minimum Gasteiger partial charge on any atom is -0.363 e. The van der Waals surface area contributed by atoms with Gasteiger partial charge in [-0.15, -0.1) is 0 Å². The van der Waals surface area contributed by atoms with Gasteiger partial charge < -0.3 is 5.32 Å². The molecule has 2 aromatic heterocycles. The molecule has 0 saturated heterocycles. The molecule has 2 aromatic rings. The Morgan fingerprint density at radius 1 is 1.19 bits per heavy atom. The molecule has 1 atom stereocenters. The van der Waals surface area contributed by atoms with Gasteiger partial charge in [0.2, 0.25) is 5.95 Å². The standard InChI is InChI=1S/C12H13F3N6/c1-7(8-2-4-17-5-3-8)18-10-6-9(12(13,14)15)19-11(20-10)21-16/h2-7H,16H2,1H3,(H2,18,19,20,21). The molecule has 0 aliphatic heterocycles. The Morgan fingerprint density at radius 3 is 2.43 bits per heavy atom. The molecule has 2 rings (SSSR count). The van der Waals surface area contributed by atoms with E-state index < -0.39 is 11.9 Å². The molecule has 0 fully saturated rings. The Labute approximate surface area is 118 Å². The van der Waals surface area contributed by atoms with E-state index in [1.807, 2.05) is 5.43 Å². The van der Waals surface area contributed by atoms with Gasteiger partial charge in [0, 0.05) is 18.5 Å². The summed E-state index contributed by atoms with van der Waals surface area (Å²) in [7, 11) is 0. The second kappa shape index (κ2) is 5.92. The third-order valence-electron chi connectivity index (χ3n) is 2.72. The van der Waals surface area contributed by atoms with Gasteiger partial charge in [-0.1, -0.05) is 0 Å². The predicted molar refractivity (Wildman–Crippen MR) is 71.1 cm³/mol. The number of pyridine rings is 1. The summed E-state index contributed by atoms with van der Waals surface area (Å²) in [5.41, 5.74) is 1.81. The third-order valence-corrected chi connectivity index (χ3v) is 2.72. The maximum Gasteiger partial charge on any atom is 0.433 e. The zero-order chi connectivity index (χ0) is 15.5. The van der Waals surface area contributed by atoms with Gasteiger partial charge in [-0.2, -0.15) is 18.2 Å². The van der Waals surface area contributed by atoms with E-state index in [2.05, 4.69) is 20.3 Å². The first-order chi connectivity index (χ1) is 9.90. The van der Waals surface area contributed by atoms with Crippen LogP contribution < -0.4 is 16.6 Å². The average molecular weight is 298 g/mol. The van der Waals surface area contributed by atoms with Crippen molar-refractivity contribution in [3.8, 4) is 0 Å². The first-order valence-electron chi connectivity index (χ1n) is 5.99. The van der Waals surface area contributed by atoms with Gasteiger partial charge >= 0.3 is 6.18 Å². The molecule has 6 nitrogen and oxygen atoms in total. The average Bonchev–Trinajstić information content (AvgIpc) is 2.46. The molecule has 0 spiro atoms. The van der Waals surface area contributed by atoms with Crippen molar-refractivity contribution in [3.63, 3.8) is 0 Å². The summed E-state index contributed by atoms with van der Waals surface area (Å²) in [6.07, 6.45) is -1.38. The van der Waals surface area contributed by atoms with Crippen LogP contribution in [0.3, 0.4) is 0 Å². The minimum absolute atomic E-state index is 0.0228. The summed E-state index contributed by atoms with van der Waals surface area (Å²) in [5.74, 6) is 4.81. The number of hydrogen-bond acceptors (Lipinski definition) is 6. The predicted octanol–water partition coefficient (Wildman–Crippen LogP) is 2.35. The van der Waals surface area contributed by atoms with E-state index in [0.29, 0.717) is 0 Å². The molecule has 0 aromatic carbocycles. The number of halogens is 3. The Hall–Kier alpha value is -2.42. The van der Waals surface area contributed by atoms with Gasteiger partial charge in [0.05, 0.1) is 6.04 Å². The van der Waals surface area contributed by atoms with Crippen molar-refractivity contribution >= 4 is 11.8 Å². The van der Waals surface area contributed by atoms with Gasteiger partial charge in [-0.3, -0.25) is 10.4 Å². The second-order valence-electron chi connectivity index (χ2n) is 4.25. The topological polar surface area (TPSA) is 88.8 Å². The van der Waals surface area contributed by atoms with Gasteiger partial charge in [0.25, 0.3) is 0 Å². The normalized spacial score (nSPS) is 12.8. The smallest absolute Gasteiger partial charge is 0.363 e. The lowest BCUT2D eigenvalue weighted by molar-refractivity contribution is -0.141. The van der Waals surface area contributed by atoms with E-state index in [-0.39, 0.29) is 17.8 Å². The molecule has 0 bridgehead atoms. The van der Waals surface area contributed by atoms with E-state index in [0.717, 1.165) is 11.6 Å². The molecule has 0 saturated carbocycles. The fourth-order valence-electron chi connectivity index (χ4n) is 1.69. The molecule has 0 aliphatic carbocycles. The molecule has 9 heteroatoms. The maximum atomic E-state index is 12.7. The van der Waals surface area contributed by atoms with Crippen LogP contribution in [0.1, 0.15) is 24.2 Å². The summed E-state index contributed by atoms with van der Waals surface area (Å²) in [6, 6.07) is 4.09. The van der Waals surface area contributed by atoms with E-state index in [9.17, 15) is 13.2 Å². The van der Waals surface area contributed by atoms with Crippen LogP contribution in [0, 0.1) is 0 Å². The summed E-state index contributed by atoms with van der Waals surface area (Å²) in [4.78, 5) is 11.0. The number of nitrogens with one attached hydrogen (secondary N) is 2. The minimum atomic E-state index is -4.58. The van der Waals surface area contributed by atoms with E-state index in [1.165, 1.54) is 0 Å². The molecule has 4 N–H and O–H groups in total. The number of anilines is 2. The first kappa shape index (κ1) is 15.0. The Morgan fingerprint density at radius 2 is 1.86 bits per heavy atom. The molecule has 0 radical (unpaired) electrons. The molecule has 1 unspecified atom stereocenters. The van der Waals surface area contributed by atoms with Crippen molar-refractivity contribution in [2.75, 3.05) is 10.7 Å². The van der Waals surface area contributed by atoms with Crippen molar-refractivity contribution in [1.29, 1.82) is 0 Å². The van der Waals surface area contributed by atoms with Crippen LogP contribution >= 0.6 is 0 Å². The fourth-order valence-corrected chi connectivity index (χ4v) is 1.69. The van der Waals surface area contributed by atoms with E-state index >= 15 is 0 Å². The molecule has 112 valence electrons. The Balaban J connectivity index is 2.27. The van der Waals surface area contributed by atoms with Gasteiger partial charge in [0.1, 0.15) is 5.82 Å². The summed E-state index contributed by atoms with van der Waals surface area (Å²) in [6.45, 7) is 1.79. The Bertz CT molecular complexity index is 602. The van der Waals surface area contributed by atoms with Crippen molar-refractivity contribution < 1.29 is 13.2 Å². The molecular formula is C12H13F3N6. The number of aromatic nitrogens is 3. The highest BCUT2D eigenvalue weighted by Crippen LogP contribution is 2.30. The van der Waals surface area contributed by atoms with Crippen LogP contribution in [0.2, 0.25) is 0 Å². The van der Waals surface area contributed by atoms with Gasteiger partial charge in [0.15, 0.2) is 5.69 Å². The number of nitrogen functional groups attached to an aromatic ring is 1. The van der Waals surface area contributed by atoms with Gasteiger partial charge in [-0.25, -0.2) is 10.8 Å². The van der Waals surface area contributed by atoms with E-state index in [4.69, 9.17) is 5.84 Å². The lowest BCUT2D eigenvalue weighted by Crippen LogP contribution is -2.17. The number of rotatable bonds is 4. The number of hydrogen-bond donors (Lipinski definition) is 3. The zero-order valence-corrected chi connectivity index (χ0v) is 11.0. The SMILES string of the molecule is CC(Nc1cc(C(F)(F)F)nc(NN)n1)c1ccncc1. The van der Waals surface area contributed by atoms with Crippen molar-refractivity contribution in [3.05, 3.63) is 41.9 Å². The third kappa shape index (κ3) is 3.78. The highest BCUT2D eigenvalue weighted by atomic mass is 19.4. The monoisotopic (exact) mass is 298 g/mol. The van der Waals surface area contributed by atoms with Crippen molar-refractivity contribution in [1.82, 2.24) is 15.0 Å². The second-order valence-corrected chi connectivity index (χ2v) is 4.25. The molecule has 0 aliphatic rings. The number of alkyl halides is 3. The Kier molecular flexibility index (Phi) is 4.22. The molecular weight excluding hydrogens is 285 g/mol. The van der Waals surface area contributed by atoms with Gasteiger partial charge in [-0.05, 0) is 24.6 Å². The van der Waals surface area contributed by atoms with Crippen LogP contribution in [-0.4, -0.2) is 15.0 Å². The van der Waals surface area contributed by atoms with Crippen LogP contribution in [0.25, 0.3) is 0 Å². The number of nitrogens with zero attached hydrogens (tertiary/aromatic N) is 3. The van der Waals surface area contributed by atoms with Crippen LogP contribution in [-0.2, 0) is 6.18 Å². The summed E-state index contributed by atoms with van der Waals surface area (Å²) in [5, 5.41) is 2.87. The highest BCUT2D eigenvalue weighted by Gasteiger charge is 2.33. The van der Waals surface area contributed by atoms with Crippen LogP contribution in [0.15, 0.2) is 30.6 Å². The first-order valence-corrected chi connectivity index (χ1v) is 5.99. The maximum absolute atomic E-state index is 12.7. The summed E-state index contributed by atoms with van der Waals surface area (Å²) < 4.78 is 38.2. The largest absolute Gasteiger partial charge is 0.433 e. The van der Waals surface area contributed by atoms with Crippen LogP contribution in [0.5, 0.6) is 0 Å². The molecule has 21 heavy (non-hydrogen) atoms. The zero-order valence-electron chi connectivity index (χ0n) is 11.0. The molecule has 2 heterocycles. The quantitative estimate of drug-likeness (QED) is 0.593. The lowest BCUT2D eigenvalue weighted by atomic mass is 10.1. The van der Waals surface area contributed by atoms with Crippen molar-refractivity contribution in [2.45, 2.75) is 19.1 Å². The van der Waals surface area contributed by atoms with E-state index in [1.54, 1.807) is 31.5 Å².